The fourth-order valence-corrected chi connectivity index (χ4v) is 3.68. The molecule has 162 valence electrons. The van der Waals surface area contributed by atoms with Gasteiger partial charge in [0.25, 0.3) is 5.91 Å². The van der Waals surface area contributed by atoms with Gasteiger partial charge in [-0.2, -0.15) is 0 Å². The Bertz CT molecular complexity index is 1270. The Morgan fingerprint density at radius 3 is 2.50 bits per heavy atom. The van der Waals surface area contributed by atoms with Gasteiger partial charge in [0.2, 0.25) is 11.7 Å². The van der Waals surface area contributed by atoms with Crippen molar-refractivity contribution < 1.29 is 18.4 Å². The predicted molar refractivity (Wildman–Crippen MR) is 117 cm³/mol. The standard InChI is InChI=1S/C22H17F2N5O2S/c1-28(13-19(30)25-16-7-2-5-14(23)11-16)22(31)20-26-21(18-9-4-10-32-18)29(27-20)17-8-3-6-15(24)12-17/h2-12H,13H2,1H3,(H,25,30). The van der Waals surface area contributed by atoms with E-state index in [4.69, 9.17) is 0 Å². The third-order valence-corrected chi connectivity index (χ3v) is 5.29. The minimum absolute atomic E-state index is 0.140. The van der Waals surface area contributed by atoms with E-state index >= 15 is 0 Å². The Morgan fingerprint density at radius 2 is 1.81 bits per heavy atom. The van der Waals surface area contributed by atoms with Crippen LogP contribution in [0.2, 0.25) is 0 Å². The summed E-state index contributed by atoms with van der Waals surface area (Å²) in [6.07, 6.45) is 0. The molecule has 1 N–H and O–H groups in total. The first kappa shape index (κ1) is 21.3. The first-order chi connectivity index (χ1) is 15.4. The average molecular weight is 453 g/mol. The molecule has 32 heavy (non-hydrogen) atoms. The van der Waals surface area contributed by atoms with E-state index < -0.39 is 23.4 Å². The molecule has 2 heterocycles. The lowest BCUT2D eigenvalue weighted by molar-refractivity contribution is -0.116. The highest BCUT2D eigenvalue weighted by molar-refractivity contribution is 7.13. The summed E-state index contributed by atoms with van der Waals surface area (Å²) in [5.74, 6) is -1.79. The molecule has 0 aliphatic carbocycles. The second-order valence-electron chi connectivity index (χ2n) is 6.85. The van der Waals surface area contributed by atoms with Gasteiger partial charge in [-0.15, -0.1) is 16.4 Å². The number of nitrogens with zero attached hydrogens (tertiary/aromatic N) is 4. The summed E-state index contributed by atoms with van der Waals surface area (Å²) >= 11 is 1.40. The number of aromatic nitrogens is 3. The molecule has 0 aliphatic rings. The van der Waals surface area contributed by atoms with E-state index in [1.54, 1.807) is 6.07 Å². The van der Waals surface area contributed by atoms with Gasteiger partial charge in [0.15, 0.2) is 5.82 Å². The van der Waals surface area contributed by atoms with Gasteiger partial charge in [-0.05, 0) is 47.8 Å². The summed E-state index contributed by atoms with van der Waals surface area (Å²) in [6, 6.07) is 14.9. The molecule has 0 saturated heterocycles. The number of rotatable bonds is 6. The largest absolute Gasteiger partial charge is 0.330 e. The van der Waals surface area contributed by atoms with Crippen molar-refractivity contribution >= 4 is 28.8 Å². The Labute approximate surface area is 185 Å². The van der Waals surface area contributed by atoms with Gasteiger partial charge < -0.3 is 10.2 Å². The fourth-order valence-electron chi connectivity index (χ4n) is 2.98. The molecular weight excluding hydrogens is 436 g/mol. The first-order valence-electron chi connectivity index (χ1n) is 9.48. The molecule has 0 unspecified atom stereocenters. The number of carbonyl (C=O) groups is 2. The third-order valence-electron chi connectivity index (χ3n) is 4.43. The minimum Gasteiger partial charge on any atom is -0.330 e. The Hall–Kier alpha value is -3.92. The Balaban J connectivity index is 1.56. The summed E-state index contributed by atoms with van der Waals surface area (Å²) in [7, 11) is 1.43. The van der Waals surface area contributed by atoms with Gasteiger partial charge in [-0.1, -0.05) is 18.2 Å². The summed E-state index contributed by atoms with van der Waals surface area (Å²) in [6.45, 7) is -0.293. The van der Waals surface area contributed by atoms with E-state index in [-0.39, 0.29) is 18.1 Å². The van der Waals surface area contributed by atoms with Crippen LogP contribution in [0.4, 0.5) is 14.5 Å². The molecule has 0 spiro atoms. The van der Waals surface area contributed by atoms with Gasteiger partial charge in [0, 0.05) is 12.7 Å². The number of likely N-dealkylation sites (N-methyl/N-ethyl adjacent to an activating group) is 1. The van der Waals surface area contributed by atoms with Crippen LogP contribution < -0.4 is 5.32 Å². The molecule has 7 nitrogen and oxygen atoms in total. The summed E-state index contributed by atoms with van der Waals surface area (Å²) in [5.41, 5.74) is 0.691. The second kappa shape index (κ2) is 9.06. The number of hydrogen-bond acceptors (Lipinski definition) is 5. The lowest BCUT2D eigenvalue weighted by Crippen LogP contribution is -2.35. The monoisotopic (exact) mass is 453 g/mol. The smallest absolute Gasteiger partial charge is 0.293 e. The molecule has 0 bridgehead atoms. The van der Waals surface area contributed by atoms with E-state index in [0.717, 1.165) is 9.78 Å². The van der Waals surface area contributed by atoms with Crippen LogP contribution in [0.25, 0.3) is 16.4 Å². The first-order valence-corrected chi connectivity index (χ1v) is 10.4. The zero-order chi connectivity index (χ0) is 22.7. The maximum Gasteiger partial charge on any atom is 0.293 e. The molecule has 0 fully saturated rings. The van der Waals surface area contributed by atoms with E-state index in [1.165, 1.54) is 65.5 Å². The van der Waals surface area contributed by atoms with Gasteiger partial charge in [0.1, 0.15) is 11.6 Å². The number of thiophene rings is 1. The lowest BCUT2D eigenvalue weighted by atomic mass is 10.3. The molecular formula is C22H17F2N5O2S. The summed E-state index contributed by atoms with van der Waals surface area (Å²) < 4.78 is 28.5. The fraction of sp³-hybridized carbons (Fsp3) is 0.0909. The molecule has 0 saturated carbocycles. The van der Waals surface area contributed by atoms with E-state index in [9.17, 15) is 18.4 Å². The van der Waals surface area contributed by atoms with Crippen molar-refractivity contribution in [1.82, 2.24) is 19.7 Å². The molecule has 4 rings (SSSR count). The molecule has 0 radical (unpaired) electrons. The predicted octanol–water partition coefficient (Wildman–Crippen LogP) is 3.98. The highest BCUT2D eigenvalue weighted by Gasteiger charge is 2.23. The normalized spacial score (nSPS) is 10.7. The van der Waals surface area contributed by atoms with Gasteiger partial charge in [-0.3, -0.25) is 9.59 Å². The highest BCUT2D eigenvalue weighted by atomic mass is 32.1. The van der Waals surface area contributed by atoms with Gasteiger partial charge >= 0.3 is 0 Å². The van der Waals surface area contributed by atoms with Crippen molar-refractivity contribution in [3.63, 3.8) is 0 Å². The molecule has 4 aromatic rings. The van der Waals surface area contributed by atoms with E-state index in [2.05, 4.69) is 15.4 Å². The molecule has 0 atom stereocenters. The van der Waals surface area contributed by atoms with Gasteiger partial charge in [-0.25, -0.2) is 18.4 Å². The number of carbonyl (C=O) groups excluding carboxylic acids is 2. The second-order valence-corrected chi connectivity index (χ2v) is 7.80. The molecule has 10 heteroatoms. The van der Waals surface area contributed by atoms with Crippen LogP contribution in [0.1, 0.15) is 10.6 Å². The SMILES string of the molecule is CN(CC(=O)Nc1cccc(F)c1)C(=O)c1nc(-c2cccs2)n(-c2cccc(F)c2)n1. The number of hydrogen-bond donors (Lipinski definition) is 1. The van der Waals surface area contributed by atoms with Crippen LogP contribution in [0.3, 0.4) is 0 Å². The van der Waals surface area contributed by atoms with Crippen molar-refractivity contribution in [3.8, 4) is 16.4 Å². The summed E-state index contributed by atoms with van der Waals surface area (Å²) in [5, 5.41) is 8.66. The number of benzene rings is 2. The number of nitrogens with one attached hydrogen (secondary N) is 1. The van der Waals surface area contributed by atoms with Crippen molar-refractivity contribution in [1.29, 1.82) is 0 Å². The third kappa shape index (κ3) is 4.70. The zero-order valence-corrected chi connectivity index (χ0v) is 17.6. The molecule has 2 aromatic heterocycles. The number of amides is 2. The number of anilines is 1. The molecule has 2 amide bonds. The van der Waals surface area contributed by atoms with E-state index in [1.807, 2.05) is 17.5 Å². The summed E-state index contributed by atoms with van der Waals surface area (Å²) in [4.78, 5) is 31.4. The number of halogens is 2. The van der Waals surface area contributed by atoms with Crippen LogP contribution in [0.15, 0.2) is 66.0 Å². The van der Waals surface area contributed by atoms with Crippen LogP contribution >= 0.6 is 11.3 Å². The van der Waals surface area contributed by atoms with Crippen LogP contribution in [-0.4, -0.2) is 45.1 Å². The maximum absolute atomic E-state index is 13.8. The van der Waals surface area contributed by atoms with Crippen LogP contribution in [0, 0.1) is 11.6 Å². The Kier molecular flexibility index (Phi) is 6.04. The van der Waals surface area contributed by atoms with Crippen molar-refractivity contribution in [2.24, 2.45) is 0 Å². The molecule has 0 aliphatic heterocycles. The van der Waals surface area contributed by atoms with Gasteiger partial charge in [0.05, 0.1) is 17.1 Å². The zero-order valence-electron chi connectivity index (χ0n) is 16.8. The average Bonchev–Trinajstić information content (AvgIpc) is 3.43. The highest BCUT2D eigenvalue weighted by Crippen LogP contribution is 2.26. The quantitative estimate of drug-likeness (QED) is 0.479. The van der Waals surface area contributed by atoms with E-state index in [0.29, 0.717) is 11.5 Å². The molecule has 2 aromatic carbocycles. The van der Waals surface area contributed by atoms with Crippen LogP contribution in [0.5, 0.6) is 0 Å². The minimum atomic E-state index is -0.590. The maximum atomic E-state index is 13.8. The Morgan fingerprint density at radius 1 is 1.06 bits per heavy atom. The van der Waals surface area contributed by atoms with Crippen molar-refractivity contribution in [2.75, 3.05) is 18.9 Å². The van der Waals surface area contributed by atoms with Crippen LogP contribution in [-0.2, 0) is 4.79 Å². The topological polar surface area (TPSA) is 80.1 Å². The van der Waals surface area contributed by atoms with Crippen molar-refractivity contribution in [2.45, 2.75) is 0 Å². The van der Waals surface area contributed by atoms with Crippen molar-refractivity contribution in [3.05, 3.63) is 83.5 Å². The lowest BCUT2D eigenvalue weighted by Gasteiger charge is -2.15.